The second-order valence-electron chi connectivity index (χ2n) is 3.03. The average molecular weight is 190 g/mol. The Hall–Kier alpha value is -0.890. The second kappa shape index (κ2) is 3.88. The molecule has 2 heteroatoms. The van der Waals surface area contributed by atoms with E-state index in [-0.39, 0.29) is 0 Å². The van der Waals surface area contributed by atoms with Crippen LogP contribution in [0, 0.1) is 6.92 Å². The lowest BCUT2D eigenvalue weighted by atomic mass is 10.3. The molecule has 0 saturated carbocycles. The van der Waals surface area contributed by atoms with Gasteiger partial charge in [0.25, 0.3) is 0 Å². The molecule has 0 bridgehead atoms. The van der Waals surface area contributed by atoms with Gasteiger partial charge in [-0.2, -0.15) is 0 Å². The third kappa shape index (κ3) is 1.89. The zero-order valence-corrected chi connectivity index (χ0v) is 8.31. The first-order valence-electron chi connectivity index (χ1n) is 4.54. The highest BCUT2D eigenvalue weighted by molar-refractivity contribution is 7.18. The summed E-state index contributed by atoms with van der Waals surface area (Å²) in [5.41, 5.74) is 1.13. The molecule has 0 atom stereocenters. The van der Waals surface area contributed by atoms with E-state index in [2.05, 4.69) is 30.1 Å². The molecule has 1 aromatic heterocycles. The Bertz CT molecular complexity index is 359. The van der Waals surface area contributed by atoms with E-state index < -0.39 is 0 Å². The van der Waals surface area contributed by atoms with Crippen molar-refractivity contribution in [2.24, 2.45) is 0 Å². The molecule has 0 fully saturated rings. The van der Waals surface area contributed by atoms with E-state index >= 15 is 0 Å². The summed E-state index contributed by atoms with van der Waals surface area (Å²) in [6, 6.07) is 8.29. The summed E-state index contributed by atoms with van der Waals surface area (Å²) in [6.45, 7) is 3.83. The van der Waals surface area contributed by atoms with Crippen LogP contribution in [0.4, 0.5) is 0 Å². The predicted octanol–water partition coefficient (Wildman–Crippen LogP) is 3.45. The molecule has 0 saturated heterocycles. The molecule has 0 amide bonds. The number of thiazole rings is 1. The first-order chi connectivity index (χ1) is 6.40. The smallest absolute Gasteiger partial charge is 0.0938 e. The highest BCUT2D eigenvalue weighted by Crippen LogP contribution is 2.22. The summed E-state index contributed by atoms with van der Waals surface area (Å²) in [5.74, 6) is 0. The molecule has 2 rings (SSSR count). The van der Waals surface area contributed by atoms with E-state index in [1.54, 1.807) is 11.3 Å². The van der Waals surface area contributed by atoms with E-state index in [4.69, 9.17) is 0 Å². The van der Waals surface area contributed by atoms with E-state index in [1.165, 1.54) is 9.71 Å². The first kappa shape index (κ1) is 8.70. The fourth-order valence-corrected chi connectivity index (χ4v) is 2.31. The molecule has 13 heavy (non-hydrogen) atoms. The molecule has 1 radical (unpaired) electrons. The van der Waals surface area contributed by atoms with Crippen LogP contribution in [0.25, 0.3) is 10.2 Å². The Morgan fingerprint density at radius 1 is 1.31 bits per heavy atom. The fraction of sp³-hybridized carbons (Fsp3) is 0.273. The predicted molar refractivity (Wildman–Crippen MR) is 57.9 cm³/mol. The maximum absolute atomic E-state index is 4.54. The molecule has 0 spiro atoms. The number of aromatic nitrogens is 1. The third-order valence-corrected chi connectivity index (χ3v) is 3.07. The van der Waals surface area contributed by atoms with Crippen molar-refractivity contribution in [1.82, 2.24) is 4.98 Å². The molecule has 67 valence electrons. The molecule has 0 unspecified atom stereocenters. The van der Waals surface area contributed by atoms with Crippen molar-refractivity contribution in [2.75, 3.05) is 0 Å². The largest absolute Gasteiger partial charge is 0.241 e. The van der Waals surface area contributed by atoms with Gasteiger partial charge in [0.2, 0.25) is 0 Å². The second-order valence-corrected chi connectivity index (χ2v) is 4.15. The number of unbranched alkanes of at least 4 members (excludes halogenated alkanes) is 1. The van der Waals surface area contributed by atoms with E-state index in [0.29, 0.717) is 0 Å². The normalized spacial score (nSPS) is 10.8. The van der Waals surface area contributed by atoms with Crippen LogP contribution in [-0.2, 0) is 6.42 Å². The molecular weight excluding hydrogens is 178 g/mol. The number of fused-ring (bicyclic) bond motifs is 1. The summed E-state index contributed by atoms with van der Waals surface area (Å²) in [6.07, 6.45) is 3.21. The zero-order valence-electron chi connectivity index (χ0n) is 7.49. The molecule has 0 aliphatic carbocycles. The average Bonchev–Trinajstić information content (AvgIpc) is 2.57. The van der Waals surface area contributed by atoms with Gasteiger partial charge in [0.15, 0.2) is 0 Å². The Kier molecular flexibility index (Phi) is 2.60. The third-order valence-electron chi connectivity index (χ3n) is 1.98. The van der Waals surface area contributed by atoms with Crippen LogP contribution in [-0.4, -0.2) is 4.98 Å². The van der Waals surface area contributed by atoms with Crippen LogP contribution in [0.5, 0.6) is 0 Å². The van der Waals surface area contributed by atoms with Gasteiger partial charge in [-0.15, -0.1) is 11.3 Å². The number of nitrogens with zero attached hydrogens (tertiary/aromatic N) is 1. The van der Waals surface area contributed by atoms with Gasteiger partial charge in [0.1, 0.15) is 0 Å². The molecule has 0 N–H and O–H groups in total. The summed E-state index contributed by atoms with van der Waals surface area (Å²) in [7, 11) is 0. The van der Waals surface area contributed by atoms with Crippen LogP contribution in [0.15, 0.2) is 24.3 Å². The number of benzene rings is 1. The highest BCUT2D eigenvalue weighted by Gasteiger charge is 2.01. The van der Waals surface area contributed by atoms with Crippen molar-refractivity contribution in [3.63, 3.8) is 0 Å². The molecule has 2 aromatic rings. The number of para-hydroxylation sites is 1. The van der Waals surface area contributed by atoms with Gasteiger partial charge in [0, 0.05) is 0 Å². The zero-order chi connectivity index (χ0) is 9.10. The van der Waals surface area contributed by atoms with Crippen molar-refractivity contribution in [3.8, 4) is 0 Å². The molecule has 0 aliphatic rings. The van der Waals surface area contributed by atoms with E-state index in [0.717, 1.165) is 24.8 Å². The van der Waals surface area contributed by atoms with E-state index in [9.17, 15) is 0 Å². The van der Waals surface area contributed by atoms with Gasteiger partial charge in [0.05, 0.1) is 15.2 Å². The monoisotopic (exact) mass is 190 g/mol. The number of aryl methyl sites for hydroxylation is 1. The van der Waals surface area contributed by atoms with Crippen LogP contribution >= 0.6 is 11.3 Å². The summed E-state index contributed by atoms with van der Waals surface area (Å²) >= 11 is 1.80. The van der Waals surface area contributed by atoms with Crippen molar-refractivity contribution in [2.45, 2.75) is 19.3 Å². The molecule has 0 aliphatic heterocycles. The molecule has 1 heterocycles. The minimum Gasteiger partial charge on any atom is -0.241 e. The lowest BCUT2D eigenvalue weighted by Crippen LogP contribution is -1.81. The van der Waals surface area contributed by atoms with Crippen molar-refractivity contribution in [1.29, 1.82) is 0 Å². The maximum Gasteiger partial charge on any atom is 0.0938 e. The SMILES string of the molecule is [CH2]CCCc1nc2ccccc2s1. The Morgan fingerprint density at radius 3 is 2.92 bits per heavy atom. The Balaban J connectivity index is 2.28. The van der Waals surface area contributed by atoms with Gasteiger partial charge in [-0.1, -0.05) is 25.5 Å². The first-order valence-corrected chi connectivity index (χ1v) is 5.35. The van der Waals surface area contributed by atoms with Gasteiger partial charge >= 0.3 is 0 Å². The summed E-state index contributed by atoms with van der Waals surface area (Å²) in [4.78, 5) is 4.54. The standard InChI is InChI=1S/C11H12NS/c1-2-3-8-11-12-9-6-4-5-7-10(9)13-11/h4-7H,1-3,8H2. The van der Waals surface area contributed by atoms with Gasteiger partial charge < -0.3 is 0 Å². The Morgan fingerprint density at radius 2 is 2.15 bits per heavy atom. The number of rotatable bonds is 3. The van der Waals surface area contributed by atoms with Crippen LogP contribution in [0.3, 0.4) is 0 Å². The number of hydrogen-bond acceptors (Lipinski definition) is 2. The molecule has 1 aromatic carbocycles. The molecule has 1 nitrogen and oxygen atoms in total. The van der Waals surface area contributed by atoms with Crippen LogP contribution < -0.4 is 0 Å². The Labute approximate surface area is 82.4 Å². The van der Waals surface area contributed by atoms with Crippen LogP contribution in [0.1, 0.15) is 17.8 Å². The summed E-state index contributed by atoms with van der Waals surface area (Å²) < 4.78 is 1.29. The van der Waals surface area contributed by atoms with Crippen molar-refractivity contribution in [3.05, 3.63) is 36.2 Å². The fourth-order valence-electron chi connectivity index (χ4n) is 1.30. The molecular formula is C11H12NS. The lowest BCUT2D eigenvalue weighted by Gasteiger charge is -1.89. The van der Waals surface area contributed by atoms with E-state index in [1.807, 2.05) is 6.07 Å². The van der Waals surface area contributed by atoms with Crippen molar-refractivity contribution < 1.29 is 0 Å². The quantitative estimate of drug-likeness (QED) is 0.722. The van der Waals surface area contributed by atoms with Crippen LogP contribution in [0.2, 0.25) is 0 Å². The lowest BCUT2D eigenvalue weighted by molar-refractivity contribution is 0.836. The minimum atomic E-state index is 0.996. The van der Waals surface area contributed by atoms with Gasteiger partial charge in [-0.05, 0) is 25.0 Å². The minimum absolute atomic E-state index is 0.996. The summed E-state index contributed by atoms with van der Waals surface area (Å²) in [5, 5.41) is 1.24. The van der Waals surface area contributed by atoms with Gasteiger partial charge in [-0.25, -0.2) is 4.98 Å². The number of hydrogen-bond donors (Lipinski definition) is 0. The highest BCUT2D eigenvalue weighted by atomic mass is 32.1. The topological polar surface area (TPSA) is 12.9 Å². The maximum atomic E-state index is 4.54. The van der Waals surface area contributed by atoms with Gasteiger partial charge in [-0.3, -0.25) is 0 Å². The van der Waals surface area contributed by atoms with Crippen molar-refractivity contribution >= 4 is 21.6 Å².